The van der Waals surface area contributed by atoms with E-state index in [0.29, 0.717) is 6.04 Å². The predicted octanol–water partition coefficient (Wildman–Crippen LogP) is 1.85. The molecule has 1 aromatic heterocycles. The molecule has 0 bridgehead atoms. The molecular formula is C11H22N4. The lowest BCUT2D eigenvalue weighted by Crippen LogP contribution is -2.27. The summed E-state index contributed by atoms with van der Waals surface area (Å²) in [6.45, 7) is 10.4. The van der Waals surface area contributed by atoms with Crippen molar-refractivity contribution in [3.05, 3.63) is 11.6 Å². The first-order chi connectivity index (χ1) is 7.19. The van der Waals surface area contributed by atoms with Crippen molar-refractivity contribution < 1.29 is 0 Å². The highest BCUT2D eigenvalue weighted by atomic mass is 15.4. The number of aryl methyl sites for hydroxylation is 2. The largest absolute Gasteiger partial charge is 0.315 e. The fraction of sp³-hybridized carbons (Fsp3) is 0.818. The Balaban J connectivity index is 2.61. The maximum absolute atomic E-state index is 4.43. The first kappa shape index (κ1) is 12.2. The van der Waals surface area contributed by atoms with Crippen molar-refractivity contribution >= 4 is 0 Å². The topological polar surface area (TPSA) is 42.7 Å². The smallest absolute Gasteiger partial charge is 0.147 e. The van der Waals surface area contributed by atoms with Gasteiger partial charge in [-0.1, -0.05) is 13.8 Å². The minimum atomic E-state index is 0.428. The molecule has 4 heteroatoms. The molecule has 1 heterocycles. The summed E-state index contributed by atoms with van der Waals surface area (Å²) in [7, 11) is 0. The molecule has 1 aromatic rings. The lowest BCUT2D eigenvalue weighted by molar-refractivity contribution is 0.402. The zero-order valence-corrected chi connectivity index (χ0v) is 10.2. The van der Waals surface area contributed by atoms with Crippen LogP contribution >= 0.6 is 0 Å². The van der Waals surface area contributed by atoms with E-state index in [1.807, 2.05) is 18.5 Å². The van der Waals surface area contributed by atoms with Crippen LogP contribution in [0.1, 0.15) is 44.4 Å². The van der Waals surface area contributed by atoms with Gasteiger partial charge in [-0.25, -0.2) is 9.67 Å². The highest BCUT2D eigenvalue weighted by Gasteiger charge is 2.12. The number of nitrogens with zero attached hydrogens (tertiary/aromatic N) is 3. The monoisotopic (exact) mass is 210 g/mol. The maximum atomic E-state index is 4.43. The molecule has 86 valence electrons. The second-order valence-electron chi connectivity index (χ2n) is 3.92. The normalized spacial score (nSPS) is 13.1. The summed E-state index contributed by atoms with van der Waals surface area (Å²) in [6, 6.07) is 0.428. The van der Waals surface area contributed by atoms with Gasteiger partial charge in [0.25, 0.3) is 0 Å². The van der Waals surface area contributed by atoms with E-state index in [0.717, 1.165) is 31.2 Å². The molecule has 4 nitrogen and oxygen atoms in total. The van der Waals surface area contributed by atoms with Crippen molar-refractivity contribution in [2.75, 3.05) is 13.1 Å². The molecule has 1 unspecified atom stereocenters. The predicted molar refractivity (Wildman–Crippen MR) is 62.0 cm³/mol. The molecule has 0 amide bonds. The molecule has 0 saturated heterocycles. The molecule has 1 atom stereocenters. The van der Waals surface area contributed by atoms with E-state index < -0.39 is 0 Å². The molecule has 15 heavy (non-hydrogen) atoms. The Kier molecular flexibility index (Phi) is 4.75. The van der Waals surface area contributed by atoms with E-state index in [4.69, 9.17) is 0 Å². The summed E-state index contributed by atoms with van der Waals surface area (Å²) in [5.74, 6) is 1.87. The summed E-state index contributed by atoms with van der Waals surface area (Å²) >= 11 is 0. The molecular weight excluding hydrogens is 188 g/mol. The Hall–Kier alpha value is -0.900. The van der Waals surface area contributed by atoms with Gasteiger partial charge < -0.3 is 5.32 Å². The number of aromatic nitrogens is 3. The molecule has 0 saturated carbocycles. The van der Waals surface area contributed by atoms with Gasteiger partial charge in [0.1, 0.15) is 11.6 Å². The van der Waals surface area contributed by atoms with Crippen molar-refractivity contribution in [3.8, 4) is 0 Å². The first-order valence-electron chi connectivity index (χ1n) is 5.79. The van der Waals surface area contributed by atoms with Gasteiger partial charge in [-0.15, -0.1) is 0 Å². The van der Waals surface area contributed by atoms with Crippen molar-refractivity contribution in [2.45, 2.75) is 46.6 Å². The molecule has 0 spiro atoms. The molecule has 1 N–H and O–H groups in total. The number of hydrogen-bond donors (Lipinski definition) is 1. The lowest BCUT2D eigenvalue weighted by Gasteiger charge is -2.16. The van der Waals surface area contributed by atoms with E-state index in [1.165, 1.54) is 6.42 Å². The van der Waals surface area contributed by atoms with Crippen molar-refractivity contribution in [1.29, 1.82) is 0 Å². The fourth-order valence-electron chi connectivity index (χ4n) is 1.73. The van der Waals surface area contributed by atoms with Crippen LogP contribution in [-0.2, 0) is 0 Å². The molecule has 0 radical (unpaired) electrons. The number of hydrogen-bond acceptors (Lipinski definition) is 3. The van der Waals surface area contributed by atoms with E-state index >= 15 is 0 Å². The highest BCUT2D eigenvalue weighted by molar-refractivity contribution is 4.90. The van der Waals surface area contributed by atoms with Crippen molar-refractivity contribution in [3.63, 3.8) is 0 Å². The molecule has 0 aromatic carbocycles. The summed E-state index contributed by atoms with van der Waals surface area (Å²) < 4.78 is 2.04. The Morgan fingerprint density at radius 3 is 2.53 bits per heavy atom. The van der Waals surface area contributed by atoms with Gasteiger partial charge in [-0.2, -0.15) is 5.10 Å². The van der Waals surface area contributed by atoms with Gasteiger partial charge >= 0.3 is 0 Å². The van der Waals surface area contributed by atoms with Crippen LogP contribution in [0.3, 0.4) is 0 Å². The maximum Gasteiger partial charge on any atom is 0.147 e. The summed E-state index contributed by atoms with van der Waals surface area (Å²) in [5, 5.41) is 7.86. The van der Waals surface area contributed by atoms with Crippen molar-refractivity contribution in [1.82, 2.24) is 20.1 Å². The van der Waals surface area contributed by atoms with E-state index in [2.05, 4.69) is 29.2 Å². The number of rotatable bonds is 6. The summed E-state index contributed by atoms with van der Waals surface area (Å²) in [4.78, 5) is 4.33. The Bertz CT molecular complexity index is 293. The average Bonchev–Trinajstić information content (AvgIpc) is 2.53. The second-order valence-corrected chi connectivity index (χ2v) is 3.92. The first-order valence-corrected chi connectivity index (χ1v) is 5.79. The molecule has 0 aliphatic heterocycles. The third kappa shape index (κ3) is 3.30. The van der Waals surface area contributed by atoms with Crippen LogP contribution in [0.2, 0.25) is 0 Å². The SMILES string of the molecule is CCCNCC(CC)n1nc(C)nc1C. The highest BCUT2D eigenvalue weighted by Crippen LogP contribution is 2.11. The molecule has 0 aliphatic carbocycles. The van der Waals surface area contributed by atoms with Crippen LogP contribution in [0.15, 0.2) is 0 Å². The van der Waals surface area contributed by atoms with E-state index in [-0.39, 0.29) is 0 Å². The van der Waals surface area contributed by atoms with Gasteiger partial charge in [0.2, 0.25) is 0 Å². The van der Waals surface area contributed by atoms with Crippen LogP contribution in [0.5, 0.6) is 0 Å². The van der Waals surface area contributed by atoms with Crippen LogP contribution in [0.25, 0.3) is 0 Å². The zero-order chi connectivity index (χ0) is 11.3. The third-order valence-corrected chi connectivity index (χ3v) is 2.53. The Morgan fingerprint density at radius 2 is 2.07 bits per heavy atom. The van der Waals surface area contributed by atoms with Gasteiger partial charge in [-0.05, 0) is 33.2 Å². The summed E-state index contributed by atoms with van der Waals surface area (Å²) in [6.07, 6.45) is 2.26. The molecule has 0 fully saturated rings. The van der Waals surface area contributed by atoms with Crippen LogP contribution in [0.4, 0.5) is 0 Å². The Morgan fingerprint density at radius 1 is 1.33 bits per heavy atom. The zero-order valence-electron chi connectivity index (χ0n) is 10.2. The third-order valence-electron chi connectivity index (χ3n) is 2.53. The van der Waals surface area contributed by atoms with Gasteiger partial charge in [0.15, 0.2) is 0 Å². The van der Waals surface area contributed by atoms with Crippen LogP contribution in [-0.4, -0.2) is 27.9 Å². The van der Waals surface area contributed by atoms with E-state index in [9.17, 15) is 0 Å². The molecule has 1 rings (SSSR count). The lowest BCUT2D eigenvalue weighted by atomic mass is 10.2. The average molecular weight is 210 g/mol. The van der Waals surface area contributed by atoms with Crippen LogP contribution < -0.4 is 5.32 Å². The molecule has 0 aliphatic rings. The Labute approximate surface area is 92.1 Å². The number of nitrogens with one attached hydrogen (secondary N) is 1. The van der Waals surface area contributed by atoms with Gasteiger partial charge in [0, 0.05) is 6.54 Å². The van der Waals surface area contributed by atoms with Crippen molar-refractivity contribution in [2.24, 2.45) is 0 Å². The van der Waals surface area contributed by atoms with E-state index in [1.54, 1.807) is 0 Å². The quantitative estimate of drug-likeness (QED) is 0.729. The van der Waals surface area contributed by atoms with Gasteiger partial charge in [0.05, 0.1) is 6.04 Å². The van der Waals surface area contributed by atoms with Gasteiger partial charge in [-0.3, -0.25) is 0 Å². The standard InChI is InChI=1S/C11H22N4/c1-5-7-12-8-11(6-2)15-10(4)13-9(3)14-15/h11-12H,5-8H2,1-4H3. The fourth-order valence-corrected chi connectivity index (χ4v) is 1.73. The minimum absolute atomic E-state index is 0.428. The second kappa shape index (κ2) is 5.85. The summed E-state index contributed by atoms with van der Waals surface area (Å²) in [5.41, 5.74) is 0. The van der Waals surface area contributed by atoms with Crippen LogP contribution in [0, 0.1) is 13.8 Å². The minimum Gasteiger partial charge on any atom is -0.315 e.